The van der Waals surface area contributed by atoms with Gasteiger partial charge in [0.1, 0.15) is 0 Å². The monoisotopic (exact) mass is 389 g/mol. The molecule has 0 spiro atoms. The second-order valence-electron chi connectivity index (χ2n) is 6.36. The second-order valence-corrected chi connectivity index (χ2v) is 6.36. The molecule has 2 rings (SSSR count). The summed E-state index contributed by atoms with van der Waals surface area (Å²) in [5.41, 5.74) is 0.979. The van der Waals surface area contributed by atoms with Crippen LogP contribution in [0.15, 0.2) is 42.5 Å². The number of carbonyl (C=O) groups is 3. The van der Waals surface area contributed by atoms with Gasteiger partial charge < -0.3 is 16.0 Å². The summed E-state index contributed by atoms with van der Waals surface area (Å²) in [6.07, 6.45) is 0. The lowest BCUT2D eigenvalue weighted by atomic mass is 10.1. The Kier molecular flexibility index (Phi) is 7.20. The highest BCUT2D eigenvalue weighted by Crippen LogP contribution is 2.11. The van der Waals surface area contributed by atoms with Gasteiger partial charge in [0, 0.05) is 35.8 Å². The number of halogens is 2. The molecule has 0 bridgehead atoms. The zero-order chi connectivity index (χ0) is 20.7. The van der Waals surface area contributed by atoms with Gasteiger partial charge >= 0.3 is 0 Å². The third-order valence-corrected chi connectivity index (χ3v) is 3.82. The predicted octanol–water partition coefficient (Wildman–Crippen LogP) is 2.72. The van der Waals surface area contributed by atoms with Crippen LogP contribution in [0.5, 0.6) is 0 Å². The molecule has 2 aromatic carbocycles. The van der Waals surface area contributed by atoms with E-state index in [1.807, 2.05) is 0 Å². The van der Waals surface area contributed by atoms with Gasteiger partial charge in [0.25, 0.3) is 11.8 Å². The Hall–Kier alpha value is -3.29. The average Bonchev–Trinajstić information content (AvgIpc) is 2.67. The number of amides is 3. The molecule has 0 heterocycles. The first-order valence-electron chi connectivity index (χ1n) is 8.70. The summed E-state index contributed by atoms with van der Waals surface area (Å²) in [7, 11) is 0. The van der Waals surface area contributed by atoms with Gasteiger partial charge in [-0.05, 0) is 42.5 Å². The molecule has 0 aliphatic carbocycles. The van der Waals surface area contributed by atoms with E-state index in [0.29, 0.717) is 11.3 Å². The van der Waals surface area contributed by atoms with Crippen LogP contribution in [-0.4, -0.2) is 30.8 Å². The van der Waals surface area contributed by atoms with Crippen LogP contribution in [0.4, 0.5) is 14.5 Å². The molecule has 3 amide bonds. The van der Waals surface area contributed by atoms with Gasteiger partial charge in [0.05, 0.1) is 0 Å². The van der Waals surface area contributed by atoms with E-state index in [2.05, 4.69) is 16.0 Å². The van der Waals surface area contributed by atoms with Crippen LogP contribution in [-0.2, 0) is 4.79 Å². The quantitative estimate of drug-likeness (QED) is 0.637. The fourth-order valence-electron chi connectivity index (χ4n) is 2.19. The van der Waals surface area contributed by atoms with Crippen LogP contribution >= 0.6 is 0 Å². The zero-order valence-electron chi connectivity index (χ0n) is 15.5. The fraction of sp³-hybridized carbons (Fsp3) is 0.250. The van der Waals surface area contributed by atoms with Crippen LogP contribution in [0.3, 0.4) is 0 Å². The van der Waals surface area contributed by atoms with Crippen molar-refractivity contribution in [2.45, 2.75) is 13.8 Å². The molecule has 8 heteroatoms. The van der Waals surface area contributed by atoms with Gasteiger partial charge in [0.2, 0.25) is 5.91 Å². The van der Waals surface area contributed by atoms with Crippen molar-refractivity contribution in [3.8, 4) is 0 Å². The first-order chi connectivity index (χ1) is 13.3. The lowest BCUT2D eigenvalue weighted by Gasteiger charge is -2.09. The maximum Gasteiger partial charge on any atom is 0.251 e. The minimum absolute atomic E-state index is 0.00994. The van der Waals surface area contributed by atoms with Gasteiger partial charge in [-0.3, -0.25) is 14.4 Å². The third kappa shape index (κ3) is 5.87. The minimum Gasteiger partial charge on any atom is -0.350 e. The molecule has 28 heavy (non-hydrogen) atoms. The number of rotatable bonds is 7. The van der Waals surface area contributed by atoms with Crippen molar-refractivity contribution in [2.75, 3.05) is 18.4 Å². The van der Waals surface area contributed by atoms with Gasteiger partial charge in [0.15, 0.2) is 11.6 Å². The molecule has 0 atom stereocenters. The molecular formula is C20H21F2N3O3. The Morgan fingerprint density at radius 2 is 1.36 bits per heavy atom. The number of hydrogen-bond acceptors (Lipinski definition) is 3. The number of nitrogens with one attached hydrogen (secondary N) is 3. The van der Waals surface area contributed by atoms with Crippen molar-refractivity contribution < 1.29 is 23.2 Å². The molecule has 0 fully saturated rings. The number of benzene rings is 2. The highest BCUT2D eigenvalue weighted by Gasteiger charge is 2.11. The highest BCUT2D eigenvalue weighted by atomic mass is 19.2. The average molecular weight is 389 g/mol. The summed E-state index contributed by atoms with van der Waals surface area (Å²) in [6.45, 7) is 3.83. The smallest absolute Gasteiger partial charge is 0.251 e. The van der Waals surface area contributed by atoms with Crippen LogP contribution in [0, 0.1) is 17.6 Å². The Bertz CT molecular complexity index is 867. The van der Waals surface area contributed by atoms with Crippen molar-refractivity contribution in [1.82, 2.24) is 10.6 Å². The standard InChI is InChI=1S/C20H21F2N3O3/c1-12(2)18(26)25-15-6-3-13(4-7-15)19(27)23-9-10-24-20(28)14-5-8-16(21)17(22)11-14/h3-8,11-12H,9-10H2,1-2H3,(H,23,27)(H,24,28)(H,25,26). The van der Waals surface area contributed by atoms with Crippen molar-refractivity contribution in [1.29, 1.82) is 0 Å². The summed E-state index contributed by atoms with van der Waals surface area (Å²) in [4.78, 5) is 35.6. The molecule has 2 aromatic rings. The summed E-state index contributed by atoms with van der Waals surface area (Å²) in [6, 6.07) is 9.25. The van der Waals surface area contributed by atoms with Gasteiger partial charge in [-0.1, -0.05) is 13.8 Å². The van der Waals surface area contributed by atoms with Gasteiger partial charge in [-0.2, -0.15) is 0 Å². The van der Waals surface area contributed by atoms with Crippen molar-refractivity contribution in [2.24, 2.45) is 5.92 Å². The summed E-state index contributed by atoms with van der Waals surface area (Å²) in [5.74, 6) is -3.31. The van der Waals surface area contributed by atoms with E-state index in [1.54, 1.807) is 38.1 Å². The maximum atomic E-state index is 13.1. The molecule has 0 unspecified atom stereocenters. The van der Waals surface area contributed by atoms with E-state index in [-0.39, 0.29) is 36.4 Å². The lowest BCUT2D eigenvalue weighted by molar-refractivity contribution is -0.118. The van der Waals surface area contributed by atoms with E-state index in [4.69, 9.17) is 0 Å². The summed E-state index contributed by atoms with van der Waals surface area (Å²) in [5, 5.41) is 7.86. The third-order valence-electron chi connectivity index (χ3n) is 3.82. The van der Waals surface area contributed by atoms with Crippen LogP contribution in [0.25, 0.3) is 0 Å². The lowest BCUT2D eigenvalue weighted by Crippen LogP contribution is -2.34. The van der Waals surface area contributed by atoms with Crippen molar-refractivity contribution in [3.05, 3.63) is 65.2 Å². The van der Waals surface area contributed by atoms with E-state index >= 15 is 0 Å². The van der Waals surface area contributed by atoms with Gasteiger partial charge in [-0.25, -0.2) is 8.78 Å². The summed E-state index contributed by atoms with van der Waals surface area (Å²) >= 11 is 0. The van der Waals surface area contributed by atoms with Crippen LogP contribution in [0.1, 0.15) is 34.6 Å². The van der Waals surface area contributed by atoms with Crippen LogP contribution < -0.4 is 16.0 Å². The number of carbonyl (C=O) groups excluding carboxylic acids is 3. The first kappa shape index (κ1) is 21.0. The number of anilines is 1. The van der Waals surface area contributed by atoms with E-state index in [9.17, 15) is 23.2 Å². The minimum atomic E-state index is -1.10. The molecule has 0 radical (unpaired) electrons. The van der Waals surface area contributed by atoms with Crippen LogP contribution in [0.2, 0.25) is 0 Å². The molecule has 0 saturated carbocycles. The van der Waals surface area contributed by atoms with Crippen molar-refractivity contribution >= 4 is 23.4 Å². The molecule has 148 valence electrons. The summed E-state index contributed by atoms with van der Waals surface area (Å²) < 4.78 is 26.0. The molecule has 0 aliphatic rings. The normalized spacial score (nSPS) is 10.5. The first-order valence-corrected chi connectivity index (χ1v) is 8.70. The molecule has 0 aromatic heterocycles. The zero-order valence-corrected chi connectivity index (χ0v) is 15.5. The highest BCUT2D eigenvalue weighted by molar-refractivity contribution is 5.96. The molecule has 6 nitrogen and oxygen atoms in total. The number of hydrogen-bond donors (Lipinski definition) is 3. The van der Waals surface area contributed by atoms with Crippen molar-refractivity contribution in [3.63, 3.8) is 0 Å². The largest absolute Gasteiger partial charge is 0.350 e. The predicted molar refractivity (Wildman–Crippen MR) is 101 cm³/mol. The van der Waals surface area contributed by atoms with E-state index in [0.717, 1.165) is 12.1 Å². The Morgan fingerprint density at radius 1 is 0.821 bits per heavy atom. The fourth-order valence-corrected chi connectivity index (χ4v) is 2.19. The molecule has 0 saturated heterocycles. The maximum absolute atomic E-state index is 13.1. The molecule has 3 N–H and O–H groups in total. The Morgan fingerprint density at radius 3 is 1.89 bits per heavy atom. The second kappa shape index (κ2) is 9.59. The molecule has 0 aliphatic heterocycles. The Labute approximate surface area is 161 Å². The van der Waals surface area contributed by atoms with E-state index < -0.39 is 17.5 Å². The topological polar surface area (TPSA) is 87.3 Å². The Balaban J connectivity index is 1.78. The van der Waals surface area contributed by atoms with Gasteiger partial charge in [-0.15, -0.1) is 0 Å². The molecular weight excluding hydrogens is 368 g/mol. The van der Waals surface area contributed by atoms with E-state index in [1.165, 1.54) is 6.07 Å². The SMILES string of the molecule is CC(C)C(=O)Nc1ccc(C(=O)NCCNC(=O)c2ccc(F)c(F)c2)cc1.